The highest BCUT2D eigenvalue weighted by atomic mass is 19.1. The molecule has 1 aliphatic carbocycles. The average Bonchev–Trinajstić information content (AvgIpc) is 3.39. The van der Waals surface area contributed by atoms with Crippen LogP contribution < -0.4 is 0 Å². The second-order valence-electron chi connectivity index (χ2n) is 9.08. The van der Waals surface area contributed by atoms with Gasteiger partial charge in [-0.15, -0.1) is 0 Å². The van der Waals surface area contributed by atoms with Crippen molar-refractivity contribution in [1.29, 1.82) is 5.26 Å². The Balaban J connectivity index is 1.70. The molecule has 30 heavy (non-hydrogen) atoms. The van der Waals surface area contributed by atoms with Crippen molar-refractivity contribution in [2.24, 2.45) is 5.92 Å². The number of nitriles is 1. The van der Waals surface area contributed by atoms with Gasteiger partial charge in [-0.25, -0.2) is 14.2 Å². The zero-order valence-electron chi connectivity index (χ0n) is 17.7. The van der Waals surface area contributed by atoms with Crippen molar-refractivity contribution in [3.05, 3.63) is 12.7 Å². The van der Waals surface area contributed by atoms with E-state index in [9.17, 15) is 19.2 Å². The van der Waals surface area contributed by atoms with E-state index in [-0.39, 0.29) is 25.6 Å². The highest BCUT2D eigenvalue weighted by molar-refractivity contribution is 5.83. The van der Waals surface area contributed by atoms with E-state index >= 15 is 0 Å². The van der Waals surface area contributed by atoms with Crippen molar-refractivity contribution in [3.63, 3.8) is 0 Å². The van der Waals surface area contributed by atoms with E-state index in [4.69, 9.17) is 4.74 Å². The number of alkyl halides is 1. The molecule has 0 radical (unpaired) electrons. The van der Waals surface area contributed by atoms with Crippen LogP contribution in [-0.2, 0) is 16.1 Å². The summed E-state index contributed by atoms with van der Waals surface area (Å²) in [4.78, 5) is 32.4. The van der Waals surface area contributed by atoms with Crippen LogP contribution in [0.2, 0.25) is 0 Å². The smallest absolute Gasteiger partial charge is 0.411 e. The van der Waals surface area contributed by atoms with Crippen LogP contribution in [0.15, 0.2) is 12.7 Å². The van der Waals surface area contributed by atoms with E-state index in [1.54, 1.807) is 31.8 Å². The van der Waals surface area contributed by atoms with Crippen molar-refractivity contribution in [1.82, 2.24) is 24.6 Å². The van der Waals surface area contributed by atoms with Crippen LogP contribution in [0, 0.1) is 17.2 Å². The van der Waals surface area contributed by atoms with Gasteiger partial charge in [0.05, 0.1) is 12.6 Å². The van der Waals surface area contributed by atoms with E-state index < -0.39 is 29.8 Å². The maximum absolute atomic E-state index is 13.8. The van der Waals surface area contributed by atoms with Gasteiger partial charge in [-0.1, -0.05) is 0 Å². The third-order valence-electron chi connectivity index (χ3n) is 5.52. The van der Waals surface area contributed by atoms with Crippen LogP contribution in [0.4, 0.5) is 9.18 Å². The van der Waals surface area contributed by atoms with E-state index in [0.717, 1.165) is 12.8 Å². The monoisotopic (exact) mass is 420 g/mol. The molecule has 0 spiro atoms. The molecule has 2 fully saturated rings. The predicted octanol–water partition coefficient (Wildman–Crippen LogP) is 2.15. The second-order valence-corrected chi connectivity index (χ2v) is 9.08. The van der Waals surface area contributed by atoms with Crippen molar-refractivity contribution in [2.75, 3.05) is 13.1 Å². The molecule has 1 aromatic rings. The number of aromatic nitrogens is 3. The maximum Gasteiger partial charge on any atom is 0.411 e. The summed E-state index contributed by atoms with van der Waals surface area (Å²) in [5.41, 5.74) is -0.704. The number of hydrogen-bond donors (Lipinski definition) is 0. The first kappa shape index (κ1) is 22.0. The summed E-state index contributed by atoms with van der Waals surface area (Å²) in [6, 6.07) is 1.02. The van der Waals surface area contributed by atoms with Gasteiger partial charge in [-0.3, -0.25) is 14.4 Å². The summed E-state index contributed by atoms with van der Waals surface area (Å²) in [5.74, 6) is -0.127. The molecule has 3 rings (SSSR count). The molecule has 2 aliphatic rings. The van der Waals surface area contributed by atoms with Crippen molar-refractivity contribution in [2.45, 2.75) is 76.9 Å². The van der Waals surface area contributed by atoms with E-state index in [0.29, 0.717) is 18.9 Å². The zero-order chi connectivity index (χ0) is 21.9. The first-order valence-corrected chi connectivity index (χ1v) is 10.3. The third-order valence-corrected chi connectivity index (χ3v) is 5.52. The average molecular weight is 420 g/mol. The van der Waals surface area contributed by atoms with Gasteiger partial charge in [0, 0.05) is 19.0 Å². The van der Waals surface area contributed by atoms with Crippen LogP contribution in [0.1, 0.15) is 46.5 Å². The molecule has 0 aromatic carbocycles. The Labute approximate surface area is 175 Å². The lowest BCUT2D eigenvalue weighted by atomic mass is 10.1. The van der Waals surface area contributed by atoms with E-state index in [1.807, 2.05) is 6.07 Å². The second kappa shape index (κ2) is 8.98. The standard InChI is InChI=1S/C20H29FN6O3/c1-20(2,3)30-19(29)27(11-18(28)26-10-15(21)7-17(26)8-22)16-5-4-14(6-16)9-25-13-23-12-24-25/h12-17H,4-7,9-11H2,1-3H3/t14?,15-,16?,17-/m0/s1. The minimum absolute atomic E-state index is 0.0120. The number of rotatable bonds is 5. The quantitative estimate of drug-likeness (QED) is 0.723. The van der Waals surface area contributed by atoms with Crippen molar-refractivity contribution in [3.8, 4) is 6.07 Å². The number of carbonyl (C=O) groups excluding carboxylic acids is 2. The molecule has 1 saturated heterocycles. The highest BCUT2D eigenvalue weighted by Crippen LogP contribution is 2.32. The van der Waals surface area contributed by atoms with Crippen molar-refractivity contribution >= 4 is 12.0 Å². The Morgan fingerprint density at radius 3 is 2.73 bits per heavy atom. The Morgan fingerprint density at radius 1 is 1.33 bits per heavy atom. The molecule has 0 bridgehead atoms. The lowest BCUT2D eigenvalue weighted by Gasteiger charge is -2.33. The first-order chi connectivity index (χ1) is 14.2. The van der Waals surface area contributed by atoms with Gasteiger partial charge in [-0.2, -0.15) is 10.4 Å². The molecule has 4 atom stereocenters. The normalized spacial score (nSPS) is 26.4. The molecule has 1 aliphatic heterocycles. The SMILES string of the molecule is CC(C)(C)OC(=O)N(CC(=O)N1C[C@@H](F)C[C@H]1C#N)C1CCC(Cn2cncn2)C1. The van der Waals surface area contributed by atoms with Crippen LogP contribution in [0.5, 0.6) is 0 Å². The molecule has 2 heterocycles. The fourth-order valence-electron chi connectivity index (χ4n) is 4.17. The fourth-order valence-corrected chi connectivity index (χ4v) is 4.17. The molecule has 1 saturated carbocycles. The molecular formula is C20H29FN6O3. The summed E-state index contributed by atoms with van der Waals surface area (Å²) >= 11 is 0. The molecule has 9 nitrogen and oxygen atoms in total. The van der Waals surface area contributed by atoms with Crippen LogP contribution in [0.25, 0.3) is 0 Å². The summed E-state index contributed by atoms with van der Waals surface area (Å²) in [7, 11) is 0. The summed E-state index contributed by atoms with van der Waals surface area (Å²) < 4.78 is 21.1. The van der Waals surface area contributed by atoms with E-state index in [2.05, 4.69) is 10.1 Å². The minimum Gasteiger partial charge on any atom is -0.444 e. The Kier molecular flexibility index (Phi) is 6.58. The van der Waals surface area contributed by atoms with Gasteiger partial charge in [-0.05, 0) is 46.0 Å². The summed E-state index contributed by atoms with van der Waals surface area (Å²) in [6.45, 7) is 5.67. The summed E-state index contributed by atoms with van der Waals surface area (Å²) in [6.07, 6.45) is 3.70. The largest absolute Gasteiger partial charge is 0.444 e. The predicted molar refractivity (Wildman–Crippen MR) is 105 cm³/mol. The van der Waals surface area contributed by atoms with Gasteiger partial charge in [0.1, 0.15) is 37.0 Å². The molecule has 2 amide bonds. The lowest BCUT2D eigenvalue weighted by Crippen LogP contribution is -2.49. The van der Waals surface area contributed by atoms with Crippen LogP contribution in [-0.4, -0.2) is 73.5 Å². The van der Waals surface area contributed by atoms with Gasteiger partial charge in [0.25, 0.3) is 0 Å². The number of hydrogen-bond acceptors (Lipinski definition) is 6. The molecule has 0 N–H and O–H groups in total. The third kappa shape index (κ3) is 5.46. The maximum atomic E-state index is 13.8. The summed E-state index contributed by atoms with van der Waals surface area (Å²) in [5, 5.41) is 13.4. The first-order valence-electron chi connectivity index (χ1n) is 10.3. The topological polar surface area (TPSA) is 104 Å². The number of carbonyl (C=O) groups is 2. The van der Waals surface area contributed by atoms with Crippen LogP contribution >= 0.6 is 0 Å². The molecule has 2 unspecified atom stereocenters. The Morgan fingerprint density at radius 2 is 2.10 bits per heavy atom. The number of nitrogens with zero attached hydrogens (tertiary/aromatic N) is 6. The van der Waals surface area contributed by atoms with Gasteiger partial charge in [0.2, 0.25) is 5.91 Å². The number of halogens is 1. The van der Waals surface area contributed by atoms with E-state index in [1.165, 1.54) is 16.1 Å². The Bertz CT molecular complexity index is 787. The number of ether oxygens (including phenoxy) is 1. The van der Waals surface area contributed by atoms with Crippen LogP contribution in [0.3, 0.4) is 0 Å². The molecule has 1 aromatic heterocycles. The Hall–Kier alpha value is -2.70. The molecular weight excluding hydrogens is 391 g/mol. The minimum atomic E-state index is -1.22. The number of likely N-dealkylation sites (tertiary alicyclic amines) is 1. The van der Waals surface area contributed by atoms with Gasteiger partial charge in [0.15, 0.2) is 0 Å². The van der Waals surface area contributed by atoms with Crippen molar-refractivity contribution < 1.29 is 18.7 Å². The van der Waals surface area contributed by atoms with Gasteiger partial charge < -0.3 is 9.64 Å². The molecule has 10 heteroatoms. The highest BCUT2D eigenvalue weighted by Gasteiger charge is 2.40. The molecule has 164 valence electrons. The number of amides is 2. The van der Waals surface area contributed by atoms with Gasteiger partial charge >= 0.3 is 6.09 Å². The fraction of sp³-hybridized carbons (Fsp3) is 0.750. The zero-order valence-corrected chi connectivity index (χ0v) is 17.7. The lowest BCUT2D eigenvalue weighted by molar-refractivity contribution is -0.133.